The molecule has 7 nitrogen and oxygen atoms in total. The molecule has 2 aromatic rings. The van der Waals surface area contributed by atoms with Gasteiger partial charge in [-0.1, -0.05) is 6.92 Å². The quantitative estimate of drug-likeness (QED) is 0.545. The number of fused-ring (bicyclic) bond motifs is 1. The molecule has 0 fully saturated rings. The van der Waals surface area contributed by atoms with Crippen LogP contribution in [0.1, 0.15) is 49.5 Å². The Morgan fingerprint density at radius 1 is 1.18 bits per heavy atom. The largest absolute Gasteiger partial charge is 0.465 e. The van der Waals surface area contributed by atoms with Gasteiger partial charge in [0.25, 0.3) is 0 Å². The van der Waals surface area contributed by atoms with Crippen LogP contribution in [-0.4, -0.2) is 36.3 Å². The molecule has 2 N–H and O–H groups in total. The van der Waals surface area contributed by atoms with Crippen LogP contribution >= 0.6 is 34.9 Å². The number of hydrogen-bond donors (Lipinski definition) is 2. The standard InChI is InChI=1S/C18H21N3O4S3/c1-8-5-6-10-11(7-8)27-18(19-10)21-17(26)20-14-12(15(22)24-3)9(2)13(28-14)16(23)25-4/h8H,5-7H2,1-4H3,(H2,19,20,21,26). The fraction of sp³-hybridized carbons (Fsp3) is 0.444. The third kappa shape index (κ3) is 4.18. The number of thiophene rings is 1. The van der Waals surface area contributed by atoms with E-state index in [9.17, 15) is 9.59 Å². The van der Waals surface area contributed by atoms with Gasteiger partial charge in [-0.25, -0.2) is 14.6 Å². The number of rotatable bonds is 4. The van der Waals surface area contributed by atoms with E-state index in [4.69, 9.17) is 21.7 Å². The molecule has 0 spiro atoms. The normalized spacial score (nSPS) is 15.5. The zero-order chi connectivity index (χ0) is 20.4. The van der Waals surface area contributed by atoms with Gasteiger partial charge < -0.3 is 20.1 Å². The lowest BCUT2D eigenvalue weighted by Crippen LogP contribution is -2.20. The summed E-state index contributed by atoms with van der Waals surface area (Å²) in [7, 11) is 2.59. The number of anilines is 2. The van der Waals surface area contributed by atoms with Crippen molar-refractivity contribution in [3.8, 4) is 0 Å². The first-order chi connectivity index (χ1) is 13.3. The monoisotopic (exact) mass is 439 g/mol. The number of carbonyl (C=O) groups excluding carboxylic acids is 2. The number of methoxy groups -OCH3 is 2. The van der Waals surface area contributed by atoms with Crippen LogP contribution in [0.15, 0.2) is 0 Å². The molecular formula is C18H21N3O4S3. The van der Waals surface area contributed by atoms with Crippen LogP contribution in [0.25, 0.3) is 0 Å². The molecule has 2 heterocycles. The number of hydrogen-bond acceptors (Lipinski definition) is 8. The molecule has 1 aliphatic carbocycles. The molecule has 0 amide bonds. The minimum atomic E-state index is -0.548. The molecule has 0 saturated heterocycles. The molecule has 1 unspecified atom stereocenters. The maximum absolute atomic E-state index is 12.2. The van der Waals surface area contributed by atoms with E-state index in [0.717, 1.165) is 41.4 Å². The van der Waals surface area contributed by atoms with Crippen molar-refractivity contribution in [2.45, 2.75) is 33.1 Å². The van der Waals surface area contributed by atoms with Crippen LogP contribution in [0.2, 0.25) is 0 Å². The van der Waals surface area contributed by atoms with Crippen molar-refractivity contribution < 1.29 is 19.1 Å². The third-order valence-electron chi connectivity index (χ3n) is 4.54. The van der Waals surface area contributed by atoms with Crippen molar-refractivity contribution in [1.82, 2.24) is 4.98 Å². The molecule has 1 atom stereocenters. The van der Waals surface area contributed by atoms with Gasteiger partial charge in [-0.3, -0.25) is 0 Å². The van der Waals surface area contributed by atoms with E-state index in [-0.39, 0.29) is 5.56 Å². The first-order valence-electron chi connectivity index (χ1n) is 8.70. The summed E-state index contributed by atoms with van der Waals surface area (Å²) in [6, 6.07) is 0. The Balaban J connectivity index is 1.80. The molecule has 28 heavy (non-hydrogen) atoms. The van der Waals surface area contributed by atoms with Crippen LogP contribution in [0.3, 0.4) is 0 Å². The minimum Gasteiger partial charge on any atom is -0.465 e. The zero-order valence-electron chi connectivity index (χ0n) is 16.0. The molecule has 10 heteroatoms. The summed E-state index contributed by atoms with van der Waals surface area (Å²) in [4.78, 5) is 30.4. The number of esters is 2. The highest BCUT2D eigenvalue weighted by atomic mass is 32.1. The van der Waals surface area contributed by atoms with E-state index in [1.54, 1.807) is 18.3 Å². The van der Waals surface area contributed by atoms with Crippen LogP contribution in [0.5, 0.6) is 0 Å². The second-order valence-electron chi connectivity index (χ2n) is 6.56. The summed E-state index contributed by atoms with van der Waals surface area (Å²) < 4.78 is 9.64. The van der Waals surface area contributed by atoms with E-state index in [1.165, 1.54) is 19.1 Å². The molecule has 2 aromatic heterocycles. The average Bonchev–Trinajstić information content (AvgIpc) is 3.20. The van der Waals surface area contributed by atoms with Gasteiger partial charge in [0.2, 0.25) is 0 Å². The van der Waals surface area contributed by atoms with Crippen LogP contribution in [0, 0.1) is 12.8 Å². The highest BCUT2D eigenvalue weighted by Crippen LogP contribution is 2.35. The Hall–Kier alpha value is -2.04. The number of aryl methyl sites for hydroxylation is 1. The molecule has 1 aliphatic rings. The number of nitrogens with zero attached hydrogens (tertiary/aromatic N) is 1. The topological polar surface area (TPSA) is 89.5 Å². The van der Waals surface area contributed by atoms with Gasteiger partial charge in [-0.2, -0.15) is 0 Å². The first kappa shape index (κ1) is 20.7. The van der Waals surface area contributed by atoms with Crippen molar-refractivity contribution in [2.24, 2.45) is 5.92 Å². The number of ether oxygens (including phenoxy) is 2. The van der Waals surface area contributed by atoms with E-state index in [1.807, 2.05) is 0 Å². The van der Waals surface area contributed by atoms with E-state index in [0.29, 0.717) is 26.5 Å². The predicted octanol–water partition coefficient (Wildman–Crippen LogP) is 4.02. The molecule has 3 rings (SSSR count). The van der Waals surface area contributed by atoms with Gasteiger partial charge in [0, 0.05) is 4.88 Å². The van der Waals surface area contributed by atoms with Crippen molar-refractivity contribution in [1.29, 1.82) is 0 Å². The molecule has 150 valence electrons. The number of nitrogens with one attached hydrogen (secondary N) is 2. The molecule has 0 radical (unpaired) electrons. The summed E-state index contributed by atoms with van der Waals surface area (Å²) >= 11 is 8.09. The van der Waals surface area contributed by atoms with E-state index in [2.05, 4.69) is 22.5 Å². The van der Waals surface area contributed by atoms with Crippen LogP contribution in [0.4, 0.5) is 10.1 Å². The first-order valence-corrected chi connectivity index (χ1v) is 10.7. The summed E-state index contributed by atoms with van der Waals surface area (Å²) in [6.45, 7) is 3.92. The van der Waals surface area contributed by atoms with Crippen LogP contribution in [-0.2, 0) is 22.3 Å². The van der Waals surface area contributed by atoms with Crippen molar-refractivity contribution in [3.05, 3.63) is 26.6 Å². The second-order valence-corrected chi connectivity index (χ2v) is 9.07. The summed E-state index contributed by atoms with van der Waals surface area (Å²) in [5.74, 6) is -0.395. The molecule has 0 aliphatic heterocycles. The number of thiazole rings is 1. The summed E-state index contributed by atoms with van der Waals surface area (Å²) in [5, 5.41) is 7.53. The van der Waals surface area contributed by atoms with Gasteiger partial charge in [-0.15, -0.1) is 22.7 Å². The Bertz CT molecular complexity index is 935. The van der Waals surface area contributed by atoms with Gasteiger partial charge in [0.1, 0.15) is 9.88 Å². The highest BCUT2D eigenvalue weighted by molar-refractivity contribution is 7.80. The summed E-state index contributed by atoms with van der Waals surface area (Å²) in [6.07, 6.45) is 3.16. The van der Waals surface area contributed by atoms with Crippen LogP contribution < -0.4 is 10.6 Å². The SMILES string of the molecule is COC(=O)c1sc(NC(=S)Nc2nc3c(s2)CC(C)CC3)c(C(=O)OC)c1C. The van der Waals surface area contributed by atoms with Crippen molar-refractivity contribution in [2.75, 3.05) is 24.9 Å². The fourth-order valence-corrected chi connectivity index (χ4v) is 5.68. The zero-order valence-corrected chi connectivity index (χ0v) is 18.5. The van der Waals surface area contributed by atoms with Gasteiger partial charge >= 0.3 is 11.9 Å². The number of aromatic nitrogens is 1. The van der Waals surface area contributed by atoms with Gasteiger partial charge in [-0.05, 0) is 49.9 Å². The lowest BCUT2D eigenvalue weighted by Gasteiger charge is -2.15. The average molecular weight is 440 g/mol. The molecule has 0 saturated carbocycles. The molecular weight excluding hydrogens is 418 g/mol. The van der Waals surface area contributed by atoms with Gasteiger partial charge in [0.15, 0.2) is 10.2 Å². The Morgan fingerprint density at radius 3 is 2.57 bits per heavy atom. The Labute approximate surface area is 176 Å². The second kappa shape index (κ2) is 8.54. The third-order valence-corrected chi connectivity index (χ3v) is 6.97. The predicted molar refractivity (Wildman–Crippen MR) is 115 cm³/mol. The van der Waals surface area contributed by atoms with Gasteiger partial charge in [0.05, 0.1) is 25.5 Å². The molecule has 0 bridgehead atoms. The van der Waals surface area contributed by atoms with E-state index < -0.39 is 11.9 Å². The maximum atomic E-state index is 12.2. The number of carbonyl (C=O) groups is 2. The highest BCUT2D eigenvalue weighted by Gasteiger charge is 2.26. The lowest BCUT2D eigenvalue weighted by atomic mass is 9.93. The minimum absolute atomic E-state index is 0.268. The molecule has 0 aromatic carbocycles. The Kier molecular flexibility index (Phi) is 6.31. The smallest absolute Gasteiger partial charge is 0.348 e. The summed E-state index contributed by atoms with van der Waals surface area (Å²) in [5.41, 5.74) is 1.89. The number of thiocarbonyl (C=S) groups is 1. The van der Waals surface area contributed by atoms with Crippen molar-refractivity contribution in [3.63, 3.8) is 0 Å². The fourth-order valence-electron chi connectivity index (χ4n) is 3.06. The maximum Gasteiger partial charge on any atom is 0.348 e. The Morgan fingerprint density at radius 2 is 1.89 bits per heavy atom. The lowest BCUT2D eigenvalue weighted by molar-refractivity contribution is 0.0601. The van der Waals surface area contributed by atoms with E-state index >= 15 is 0 Å². The van der Waals surface area contributed by atoms with Crippen molar-refractivity contribution >= 4 is 62.1 Å².